The lowest BCUT2D eigenvalue weighted by Gasteiger charge is -2.35. The number of halogens is 1. The van der Waals surface area contributed by atoms with Crippen LogP contribution < -0.4 is 0 Å². The summed E-state index contributed by atoms with van der Waals surface area (Å²) in [5.74, 6) is -0.169. The van der Waals surface area contributed by atoms with E-state index in [-0.39, 0.29) is 72.0 Å². The second-order valence-corrected chi connectivity index (χ2v) is 10.6. The fraction of sp³-hybridized carbons (Fsp3) is 0.880. The Bertz CT molecular complexity index is 687. The van der Waals surface area contributed by atoms with Crippen LogP contribution in [0.1, 0.15) is 81.1 Å². The topological polar surface area (TPSA) is 64.4 Å². The van der Waals surface area contributed by atoms with Gasteiger partial charge in [0.2, 0.25) is 0 Å². The highest BCUT2D eigenvalue weighted by molar-refractivity contribution is 5.87. The molecular weight excluding hydrogens is 393 g/mol. The maximum absolute atomic E-state index is 15.0. The Balaban J connectivity index is 2.08. The maximum Gasteiger partial charge on any atom is 0.152 e. The van der Waals surface area contributed by atoms with Crippen molar-refractivity contribution in [2.75, 3.05) is 0 Å². The summed E-state index contributed by atoms with van der Waals surface area (Å²) in [6, 6.07) is 1.77. The van der Waals surface area contributed by atoms with Crippen LogP contribution >= 0.6 is 0 Å². The maximum atomic E-state index is 15.0. The Kier molecular flexibility index (Phi) is 8.81. The SMILES string of the molecule is CC(C)C(=O)[C@@H]1C[C@@H](F)[C@H](CCC(C)C(=O)[C@@H]2C[C@@H](C#N)[C@H](C)N2C(C)C)N1C(C)C. The van der Waals surface area contributed by atoms with Gasteiger partial charge >= 0.3 is 0 Å². The highest BCUT2D eigenvalue weighted by atomic mass is 19.1. The smallest absolute Gasteiger partial charge is 0.152 e. The third kappa shape index (κ3) is 5.37. The van der Waals surface area contributed by atoms with Crippen LogP contribution in [0, 0.1) is 29.1 Å². The number of hydrogen-bond acceptors (Lipinski definition) is 5. The molecule has 0 amide bonds. The molecule has 6 heteroatoms. The van der Waals surface area contributed by atoms with Crippen molar-refractivity contribution in [1.82, 2.24) is 9.80 Å². The molecule has 2 saturated heterocycles. The molecule has 0 bridgehead atoms. The van der Waals surface area contributed by atoms with Crippen LogP contribution in [0.4, 0.5) is 4.39 Å². The molecule has 2 aliphatic rings. The van der Waals surface area contributed by atoms with Crippen LogP contribution in [0.15, 0.2) is 0 Å². The van der Waals surface area contributed by atoms with E-state index in [1.165, 1.54) is 0 Å². The van der Waals surface area contributed by atoms with E-state index >= 15 is 4.39 Å². The molecule has 176 valence electrons. The van der Waals surface area contributed by atoms with E-state index in [1.807, 2.05) is 46.4 Å². The largest absolute Gasteiger partial charge is 0.298 e. The zero-order chi connectivity index (χ0) is 23.6. The summed E-state index contributed by atoms with van der Waals surface area (Å²) in [4.78, 5) is 30.2. The molecule has 0 N–H and O–H groups in total. The number of rotatable bonds is 9. The molecule has 0 aliphatic carbocycles. The minimum absolute atomic E-state index is 0.0652. The Morgan fingerprint density at radius 2 is 1.52 bits per heavy atom. The van der Waals surface area contributed by atoms with Crippen molar-refractivity contribution in [3.05, 3.63) is 0 Å². The number of hydrogen-bond donors (Lipinski definition) is 0. The molecule has 5 nitrogen and oxygen atoms in total. The first kappa shape index (κ1) is 25.9. The molecule has 0 aromatic heterocycles. The van der Waals surface area contributed by atoms with Gasteiger partial charge in [-0.3, -0.25) is 19.4 Å². The van der Waals surface area contributed by atoms with Crippen molar-refractivity contribution >= 4 is 11.6 Å². The fourth-order valence-corrected chi connectivity index (χ4v) is 5.83. The van der Waals surface area contributed by atoms with Crippen LogP contribution in [-0.2, 0) is 9.59 Å². The van der Waals surface area contributed by atoms with Crippen molar-refractivity contribution in [2.45, 2.75) is 123 Å². The van der Waals surface area contributed by atoms with Gasteiger partial charge in [-0.15, -0.1) is 0 Å². The van der Waals surface area contributed by atoms with Crippen LogP contribution in [0.5, 0.6) is 0 Å². The van der Waals surface area contributed by atoms with Crippen molar-refractivity contribution in [3.8, 4) is 6.07 Å². The van der Waals surface area contributed by atoms with Gasteiger partial charge < -0.3 is 0 Å². The lowest BCUT2D eigenvalue weighted by Crippen LogP contribution is -2.48. The molecule has 1 unspecified atom stereocenters. The van der Waals surface area contributed by atoms with E-state index < -0.39 is 6.17 Å². The van der Waals surface area contributed by atoms with Gasteiger partial charge in [0.15, 0.2) is 11.6 Å². The van der Waals surface area contributed by atoms with Crippen LogP contribution in [-0.4, -0.2) is 63.8 Å². The molecule has 0 saturated carbocycles. The minimum atomic E-state index is -1.04. The van der Waals surface area contributed by atoms with Gasteiger partial charge in [0.25, 0.3) is 0 Å². The second kappa shape index (κ2) is 10.5. The molecular formula is C25H42FN3O2. The molecule has 2 fully saturated rings. The molecule has 0 aromatic carbocycles. The minimum Gasteiger partial charge on any atom is -0.298 e. The third-order valence-corrected chi connectivity index (χ3v) is 7.46. The van der Waals surface area contributed by atoms with E-state index in [0.29, 0.717) is 19.3 Å². The number of carbonyl (C=O) groups is 2. The lowest BCUT2D eigenvalue weighted by molar-refractivity contribution is -0.129. The average molecular weight is 436 g/mol. The van der Waals surface area contributed by atoms with Crippen molar-refractivity contribution in [3.63, 3.8) is 0 Å². The number of ketones is 2. The Hall–Kier alpha value is -1.32. The fourth-order valence-electron chi connectivity index (χ4n) is 5.83. The molecule has 2 rings (SSSR count). The molecule has 7 atom stereocenters. The Morgan fingerprint density at radius 3 is 2.00 bits per heavy atom. The zero-order valence-corrected chi connectivity index (χ0v) is 20.6. The van der Waals surface area contributed by atoms with E-state index in [2.05, 4.69) is 24.8 Å². The molecule has 2 aliphatic heterocycles. The summed E-state index contributed by atoms with van der Waals surface area (Å²) in [6.45, 7) is 15.9. The monoisotopic (exact) mass is 435 g/mol. The average Bonchev–Trinajstić information content (AvgIpc) is 3.21. The first-order valence-corrected chi connectivity index (χ1v) is 12.1. The van der Waals surface area contributed by atoms with Gasteiger partial charge in [-0.05, 0) is 53.9 Å². The number of nitriles is 1. The summed E-state index contributed by atoms with van der Waals surface area (Å²) in [5.41, 5.74) is 0. The van der Waals surface area contributed by atoms with Gasteiger partial charge in [-0.1, -0.05) is 20.8 Å². The molecule has 2 heterocycles. The molecule has 0 aromatic rings. The third-order valence-electron chi connectivity index (χ3n) is 7.46. The van der Waals surface area contributed by atoms with E-state index in [4.69, 9.17) is 0 Å². The van der Waals surface area contributed by atoms with Crippen LogP contribution in [0.3, 0.4) is 0 Å². The highest BCUT2D eigenvalue weighted by Gasteiger charge is 2.47. The number of carbonyl (C=O) groups excluding carboxylic acids is 2. The number of Topliss-reactive ketones (excluding diaryl/α,β-unsaturated/α-hetero) is 2. The van der Waals surface area contributed by atoms with Gasteiger partial charge in [0, 0.05) is 42.4 Å². The molecule has 31 heavy (non-hydrogen) atoms. The summed E-state index contributed by atoms with van der Waals surface area (Å²) in [6.07, 6.45) is 0.965. The highest BCUT2D eigenvalue weighted by Crippen LogP contribution is 2.36. The molecule has 0 radical (unpaired) electrons. The lowest BCUT2D eigenvalue weighted by atomic mass is 9.90. The van der Waals surface area contributed by atoms with Crippen molar-refractivity contribution < 1.29 is 14.0 Å². The van der Waals surface area contributed by atoms with E-state index in [1.54, 1.807) is 0 Å². The summed E-state index contributed by atoms with van der Waals surface area (Å²) in [5, 5.41) is 9.48. The Labute approximate surface area is 188 Å². The van der Waals surface area contributed by atoms with Crippen molar-refractivity contribution in [2.24, 2.45) is 17.8 Å². The summed E-state index contributed by atoms with van der Waals surface area (Å²) in [7, 11) is 0. The van der Waals surface area contributed by atoms with Gasteiger partial charge in [-0.2, -0.15) is 5.26 Å². The first-order valence-electron chi connectivity index (χ1n) is 12.1. The molecule has 0 spiro atoms. The van der Waals surface area contributed by atoms with E-state index in [9.17, 15) is 14.9 Å². The number of nitrogens with zero attached hydrogens (tertiary/aromatic N) is 3. The normalized spacial score (nSPS) is 33.4. The van der Waals surface area contributed by atoms with Gasteiger partial charge in [0.05, 0.1) is 24.1 Å². The zero-order valence-electron chi connectivity index (χ0n) is 20.6. The summed E-state index contributed by atoms with van der Waals surface area (Å²) >= 11 is 0. The second-order valence-electron chi connectivity index (χ2n) is 10.6. The number of alkyl halides is 1. The quantitative estimate of drug-likeness (QED) is 0.537. The number of likely N-dealkylation sites (tertiary alicyclic amines) is 2. The Morgan fingerprint density at radius 1 is 0.968 bits per heavy atom. The predicted octanol–water partition coefficient (Wildman–Crippen LogP) is 4.40. The standard InChI is InChI=1S/C25H42FN3O2/c1-14(2)24(30)23-12-20(26)21(29(23)16(5)6)10-9-17(7)25(31)22-11-19(13-27)18(8)28(22)15(3)4/h14-23H,9-12H2,1-8H3/t17?,18-,19-,20+,21-,22-,23-/m0/s1. The van der Waals surface area contributed by atoms with Crippen LogP contribution in [0.25, 0.3) is 0 Å². The van der Waals surface area contributed by atoms with Gasteiger partial charge in [-0.25, -0.2) is 4.39 Å². The summed E-state index contributed by atoms with van der Waals surface area (Å²) < 4.78 is 15.0. The van der Waals surface area contributed by atoms with E-state index in [0.717, 1.165) is 0 Å². The van der Waals surface area contributed by atoms with Gasteiger partial charge in [0.1, 0.15) is 6.17 Å². The van der Waals surface area contributed by atoms with Crippen LogP contribution in [0.2, 0.25) is 0 Å². The van der Waals surface area contributed by atoms with Crippen molar-refractivity contribution in [1.29, 1.82) is 5.26 Å². The first-order chi connectivity index (χ1) is 14.4. The predicted molar refractivity (Wildman–Crippen MR) is 121 cm³/mol.